The monoisotopic (exact) mass is 354 g/mol. The maximum Gasteiger partial charge on any atom is 0.186 e. The van der Waals surface area contributed by atoms with Crippen molar-refractivity contribution in [1.82, 2.24) is 0 Å². The minimum atomic E-state index is -1.14. The van der Waals surface area contributed by atoms with Gasteiger partial charge < -0.3 is 24.6 Å². The first-order valence-corrected chi connectivity index (χ1v) is 9.06. The van der Waals surface area contributed by atoms with Gasteiger partial charge in [0.05, 0.1) is 17.3 Å². The van der Waals surface area contributed by atoms with E-state index in [1.54, 1.807) is 12.1 Å². The van der Waals surface area contributed by atoms with Gasteiger partial charge in [0.2, 0.25) is 0 Å². The third-order valence-electron chi connectivity index (χ3n) is 5.80. The SMILES string of the molecule is O=C([O-])c1ccc2c(c1)N1Cc3ccccc3N3c4ccccc4CN2C13. The summed E-state index contributed by atoms with van der Waals surface area (Å²) >= 11 is 0. The molecule has 6 rings (SSSR count). The van der Waals surface area contributed by atoms with Crippen molar-refractivity contribution in [3.8, 4) is 0 Å². The molecule has 0 saturated carbocycles. The van der Waals surface area contributed by atoms with E-state index in [9.17, 15) is 9.90 Å². The molecule has 1 atom stereocenters. The quantitative estimate of drug-likeness (QED) is 0.673. The maximum atomic E-state index is 11.4. The van der Waals surface area contributed by atoms with Gasteiger partial charge in [-0.1, -0.05) is 42.5 Å². The van der Waals surface area contributed by atoms with Crippen molar-refractivity contribution in [2.45, 2.75) is 19.4 Å². The van der Waals surface area contributed by atoms with Crippen molar-refractivity contribution < 1.29 is 9.90 Å². The zero-order valence-corrected chi connectivity index (χ0v) is 14.5. The summed E-state index contributed by atoms with van der Waals surface area (Å²) in [6.07, 6.45) is 0.0156. The first kappa shape index (κ1) is 14.7. The topological polar surface area (TPSA) is 49.9 Å². The van der Waals surface area contributed by atoms with Crippen LogP contribution >= 0.6 is 0 Å². The molecule has 0 amide bonds. The predicted molar refractivity (Wildman–Crippen MR) is 102 cm³/mol. The first-order valence-electron chi connectivity index (χ1n) is 9.06. The van der Waals surface area contributed by atoms with E-state index in [0.29, 0.717) is 0 Å². The molecule has 3 aliphatic heterocycles. The number of rotatable bonds is 1. The lowest BCUT2D eigenvalue weighted by Gasteiger charge is -2.50. The molecule has 3 heterocycles. The lowest BCUT2D eigenvalue weighted by molar-refractivity contribution is -0.255. The fourth-order valence-electron chi connectivity index (χ4n) is 4.66. The van der Waals surface area contributed by atoms with E-state index in [2.05, 4.69) is 63.2 Å². The van der Waals surface area contributed by atoms with E-state index in [0.717, 1.165) is 24.5 Å². The van der Waals surface area contributed by atoms with Crippen LogP contribution in [0.15, 0.2) is 66.7 Å². The van der Waals surface area contributed by atoms with E-state index in [-0.39, 0.29) is 11.9 Å². The van der Waals surface area contributed by atoms with Gasteiger partial charge in [0, 0.05) is 24.5 Å². The third-order valence-corrected chi connectivity index (χ3v) is 5.80. The summed E-state index contributed by atoms with van der Waals surface area (Å²) in [5.41, 5.74) is 7.16. The lowest BCUT2D eigenvalue weighted by atomic mass is 10.0. The molecule has 132 valence electrons. The van der Waals surface area contributed by atoms with Gasteiger partial charge in [0.15, 0.2) is 6.29 Å². The summed E-state index contributed by atoms with van der Waals surface area (Å²) in [6.45, 7) is 1.55. The van der Waals surface area contributed by atoms with Crippen LogP contribution in [0.1, 0.15) is 21.5 Å². The molecule has 3 aromatic rings. The van der Waals surface area contributed by atoms with Crippen LogP contribution in [0.4, 0.5) is 22.7 Å². The molecule has 1 unspecified atom stereocenters. The molecule has 0 saturated heterocycles. The van der Waals surface area contributed by atoms with E-state index >= 15 is 0 Å². The molecule has 5 nitrogen and oxygen atoms in total. The Labute approximate surface area is 156 Å². The zero-order valence-electron chi connectivity index (χ0n) is 14.5. The van der Waals surface area contributed by atoms with Crippen LogP contribution in [-0.2, 0) is 13.1 Å². The summed E-state index contributed by atoms with van der Waals surface area (Å²) < 4.78 is 0. The Morgan fingerprint density at radius 2 is 1.37 bits per heavy atom. The van der Waals surface area contributed by atoms with Crippen LogP contribution in [0, 0.1) is 0 Å². The fraction of sp³-hybridized carbons (Fsp3) is 0.136. The smallest absolute Gasteiger partial charge is 0.186 e. The van der Waals surface area contributed by atoms with Gasteiger partial charge in [-0.2, -0.15) is 0 Å². The minimum Gasteiger partial charge on any atom is -0.545 e. The normalized spacial score (nSPS) is 18.5. The predicted octanol–water partition coefficient (Wildman–Crippen LogP) is 2.83. The number of carbonyl (C=O) groups excluding carboxylic acids is 1. The highest BCUT2D eigenvalue weighted by Gasteiger charge is 2.47. The van der Waals surface area contributed by atoms with Crippen molar-refractivity contribution in [1.29, 1.82) is 0 Å². The maximum absolute atomic E-state index is 11.4. The van der Waals surface area contributed by atoms with Gasteiger partial charge in [0.1, 0.15) is 0 Å². The summed E-state index contributed by atoms with van der Waals surface area (Å²) in [4.78, 5) is 18.4. The van der Waals surface area contributed by atoms with Crippen molar-refractivity contribution in [2.75, 3.05) is 14.7 Å². The van der Waals surface area contributed by atoms with E-state index in [4.69, 9.17) is 0 Å². The third kappa shape index (κ3) is 1.86. The largest absolute Gasteiger partial charge is 0.545 e. The lowest BCUT2D eigenvalue weighted by Crippen LogP contribution is -2.58. The highest BCUT2D eigenvalue weighted by atomic mass is 16.4. The van der Waals surface area contributed by atoms with Crippen molar-refractivity contribution in [3.05, 3.63) is 83.4 Å². The summed E-state index contributed by atoms with van der Waals surface area (Å²) in [7, 11) is 0. The Morgan fingerprint density at radius 1 is 0.778 bits per heavy atom. The van der Waals surface area contributed by atoms with Gasteiger partial charge >= 0.3 is 0 Å². The van der Waals surface area contributed by atoms with Crippen LogP contribution < -0.4 is 19.8 Å². The van der Waals surface area contributed by atoms with Crippen molar-refractivity contribution in [3.63, 3.8) is 0 Å². The molecule has 0 radical (unpaired) electrons. The number of hydrogen-bond acceptors (Lipinski definition) is 5. The number of hydrogen-bond donors (Lipinski definition) is 0. The van der Waals surface area contributed by atoms with Crippen LogP contribution in [0.5, 0.6) is 0 Å². The average Bonchev–Trinajstić information content (AvgIpc) is 3.01. The highest BCUT2D eigenvalue weighted by molar-refractivity contribution is 5.93. The molecular weight excluding hydrogens is 338 g/mol. The molecule has 0 fully saturated rings. The van der Waals surface area contributed by atoms with E-state index < -0.39 is 5.97 Å². The standard InChI is InChI=1S/C22H17N3O2/c26-21(27)14-9-10-19-20(11-14)24-13-16-6-2-4-8-18(16)25-17-7-3-1-5-15(17)12-23(19)22(24)25/h1-11,22H,12-13H2,(H,26,27)/p-1. The van der Waals surface area contributed by atoms with Crippen LogP contribution in [0.3, 0.4) is 0 Å². The van der Waals surface area contributed by atoms with Crippen molar-refractivity contribution >= 4 is 28.7 Å². The highest BCUT2D eigenvalue weighted by Crippen LogP contribution is 2.52. The zero-order chi connectivity index (χ0) is 18.1. The molecule has 0 bridgehead atoms. The van der Waals surface area contributed by atoms with Crippen molar-refractivity contribution in [2.24, 2.45) is 0 Å². The summed E-state index contributed by atoms with van der Waals surface area (Å²) in [6, 6.07) is 22.2. The van der Waals surface area contributed by atoms with Gasteiger partial charge in [0.25, 0.3) is 0 Å². The second-order valence-corrected chi connectivity index (χ2v) is 7.22. The molecule has 27 heavy (non-hydrogen) atoms. The number of nitrogens with zero attached hydrogens (tertiary/aromatic N) is 3. The average molecular weight is 354 g/mol. The molecule has 3 aromatic carbocycles. The number of aromatic carboxylic acids is 1. The van der Waals surface area contributed by atoms with Gasteiger partial charge in [-0.3, -0.25) is 0 Å². The molecular formula is C22H16N3O2-. The van der Waals surface area contributed by atoms with Gasteiger partial charge in [-0.15, -0.1) is 0 Å². The Morgan fingerprint density at radius 3 is 2.00 bits per heavy atom. The molecule has 0 N–H and O–H groups in total. The summed E-state index contributed by atoms with van der Waals surface area (Å²) in [5.74, 6) is -1.14. The second kappa shape index (κ2) is 5.04. The number of para-hydroxylation sites is 2. The first-order chi connectivity index (χ1) is 13.2. The van der Waals surface area contributed by atoms with Gasteiger partial charge in [-0.25, -0.2) is 0 Å². The van der Waals surface area contributed by atoms with Crippen LogP contribution in [-0.4, -0.2) is 12.3 Å². The molecule has 0 aliphatic carbocycles. The van der Waals surface area contributed by atoms with E-state index in [1.807, 2.05) is 6.07 Å². The Kier molecular flexibility index (Phi) is 2.74. The number of fused-ring (bicyclic) bond motifs is 7. The number of carboxylic acid groups (broad SMARTS) is 1. The fourth-order valence-corrected chi connectivity index (χ4v) is 4.66. The van der Waals surface area contributed by atoms with Crippen LogP contribution in [0.2, 0.25) is 0 Å². The Balaban J connectivity index is 1.62. The molecule has 5 heteroatoms. The number of benzene rings is 3. The van der Waals surface area contributed by atoms with Crippen LogP contribution in [0.25, 0.3) is 0 Å². The minimum absolute atomic E-state index is 0.0156. The Hall–Kier alpha value is -3.47. The summed E-state index contributed by atoms with van der Waals surface area (Å²) in [5, 5.41) is 11.4. The number of anilines is 4. The number of carboxylic acids is 1. The van der Waals surface area contributed by atoms with E-state index in [1.165, 1.54) is 22.5 Å². The number of carbonyl (C=O) groups is 1. The molecule has 0 aromatic heterocycles. The van der Waals surface area contributed by atoms with Gasteiger partial charge in [-0.05, 0) is 41.0 Å². The second-order valence-electron chi connectivity index (χ2n) is 7.22. The molecule has 3 aliphatic rings. The molecule has 0 spiro atoms. The Bertz CT molecular complexity index is 1110.